The Labute approximate surface area is 167 Å². The third kappa shape index (κ3) is 4.04. The quantitative estimate of drug-likeness (QED) is 0.392. The van der Waals surface area contributed by atoms with Crippen LogP contribution in [0.1, 0.15) is 26.0 Å². The SMILES string of the molecule is COP(=S)(OC)OC(C)C1CCC(n2cnc3c([NH][Tl])ncnc32)O1. The van der Waals surface area contributed by atoms with Gasteiger partial charge < -0.3 is 0 Å². The molecule has 25 heavy (non-hydrogen) atoms. The van der Waals surface area contributed by atoms with Gasteiger partial charge in [0.15, 0.2) is 0 Å². The van der Waals surface area contributed by atoms with Gasteiger partial charge in [-0.25, -0.2) is 0 Å². The molecule has 3 heterocycles. The maximum absolute atomic E-state index is 6.17. The molecular weight excluding hydrogens is 558 g/mol. The van der Waals surface area contributed by atoms with E-state index in [0.717, 1.165) is 29.8 Å². The van der Waals surface area contributed by atoms with E-state index in [9.17, 15) is 0 Å². The van der Waals surface area contributed by atoms with E-state index in [1.54, 1.807) is 6.33 Å². The second kappa shape index (κ2) is 8.19. The molecule has 0 radical (unpaired) electrons. The van der Waals surface area contributed by atoms with Gasteiger partial charge in [-0.05, 0) is 0 Å². The monoisotopic (exact) mass is 577 g/mol. The van der Waals surface area contributed by atoms with Gasteiger partial charge in [-0.1, -0.05) is 0 Å². The Bertz CT molecular complexity index is 785. The average molecular weight is 577 g/mol. The standard InChI is InChI=1S/C13H19N5O4PS.Tl/c1-8(22-23(24,19-2)20-3)9-4-5-10(21-9)18-7-17-11-12(14)15-6-16-13(11)18;/h6-10H,4-5H2,1-3H3,(H-,14,15,16);/q-1;+1. The zero-order chi connectivity index (χ0) is 18.0. The Hall–Kier alpha value is -0.238. The van der Waals surface area contributed by atoms with Crippen molar-refractivity contribution in [3.05, 3.63) is 12.7 Å². The second-order valence-corrected chi connectivity index (χ2v) is 9.82. The van der Waals surface area contributed by atoms with Crippen LogP contribution in [0, 0.1) is 0 Å². The summed E-state index contributed by atoms with van der Waals surface area (Å²) in [7, 11) is 2.99. The molecule has 3 unspecified atom stereocenters. The first-order chi connectivity index (χ1) is 12.0. The summed E-state index contributed by atoms with van der Waals surface area (Å²) in [5, 5.41) is 0. The summed E-state index contributed by atoms with van der Waals surface area (Å²) in [6, 6.07) is 0. The number of hydrogen-bond acceptors (Lipinski definition) is 9. The van der Waals surface area contributed by atoms with Crippen molar-refractivity contribution >= 4 is 61.6 Å². The van der Waals surface area contributed by atoms with Crippen molar-refractivity contribution < 1.29 is 18.3 Å². The molecule has 2 aromatic heterocycles. The zero-order valence-electron chi connectivity index (χ0n) is 14.2. The Morgan fingerprint density at radius 2 is 2.12 bits per heavy atom. The predicted molar refractivity (Wildman–Crippen MR) is 96.7 cm³/mol. The minimum atomic E-state index is -2.71. The van der Waals surface area contributed by atoms with Crippen LogP contribution in [0.15, 0.2) is 12.7 Å². The number of nitrogens with zero attached hydrogens (tertiary/aromatic N) is 4. The van der Waals surface area contributed by atoms with Crippen LogP contribution in [0.2, 0.25) is 0 Å². The molecule has 2 aromatic rings. The van der Waals surface area contributed by atoms with Crippen LogP contribution >= 0.6 is 6.72 Å². The third-order valence-corrected chi connectivity index (χ3v) is 7.80. The summed E-state index contributed by atoms with van der Waals surface area (Å²) in [5.41, 5.74) is 1.52. The Balaban J connectivity index is 1.74. The first-order valence-electron chi connectivity index (χ1n) is 7.71. The summed E-state index contributed by atoms with van der Waals surface area (Å²) in [4.78, 5) is 13.0. The van der Waals surface area contributed by atoms with E-state index >= 15 is 0 Å². The number of nitrogens with one attached hydrogen (secondary N) is 1. The summed E-state index contributed by atoms with van der Waals surface area (Å²) in [6.45, 7) is -0.788. The molecule has 3 rings (SSSR count). The molecule has 0 aliphatic carbocycles. The number of ether oxygens (including phenoxy) is 1. The molecule has 0 amide bonds. The van der Waals surface area contributed by atoms with Crippen LogP contribution in [-0.4, -0.2) is 72.0 Å². The molecule has 3 atom stereocenters. The van der Waals surface area contributed by atoms with Crippen molar-refractivity contribution in [3.63, 3.8) is 0 Å². The molecule has 1 aliphatic heterocycles. The van der Waals surface area contributed by atoms with Crippen molar-refractivity contribution in [3.8, 4) is 0 Å². The van der Waals surface area contributed by atoms with Gasteiger partial charge >= 0.3 is 153 Å². The molecule has 1 saturated heterocycles. The summed E-state index contributed by atoms with van der Waals surface area (Å²) in [6.07, 6.45) is 4.47. The van der Waals surface area contributed by atoms with E-state index < -0.39 is 6.72 Å². The minimum absolute atomic E-state index is 0.102. The molecular formula is C13H19N5O4PSTl. The summed E-state index contributed by atoms with van der Waals surface area (Å²) in [5.74, 6) is 0.765. The topological polar surface area (TPSA) is 92.6 Å². The van der Waals surface area contributed by atoms with E-state index in [1.165, 1.54) is 20.5 Å². The number of fused-ring (bicyclic) bond motifs is 1. The van der Waals surface area contributed by atoms with Gasteiger partial charge in [0.1, 0.15) is 0 Å². The van der Waals surface area contributed by atoms with E-state index in [-0.39, 0.29) is 18.4 Å². The van der Waals surface area contributed by atoms with Gasteiger partial charge in [-0.3, -0.25) is 0 Å². The summed E-state index contributed by atoms with van der Waals surface area (Å²) >= 11 is 5.85. The number of rotatable bonds is 7. The molecule has 0 bridgehead atoms. The average Bonchev–Trinajstić information content (AvgIpc) is 3.27. The van der Waals surface area contributed by atoms with E-state index in [1.807, 2.05) is 11.5 Å². The molecule has 0 spiro atoms. The number of aromatic nitrogens is 4. The fraction of sp³-hybridized carbons (Fsp3) is 0.615. The van der Waals surface area contributed by atoms with Gasteiger partial charge in [0.25, 0.3) is 0 Å². The van der Waals surface area contributed by atoms with Crippen LogP contribution in [0.3, 0.4) is 0 Å². The van der Waals surface area contributed by atoms with E-state index in [2.05, 4.69) is 18.1 Å². The van der Waals surface area contributed by atoms with Gasteiger partial charge in [0, 0.05) is 14.2 Å². The van der Waals surface area contributed by atoms with Crippen LogP contribution < -0.4 is 3.13 Å². The predicted octanol–water partition coefficient (Wildman–Crippen LogP) is 1.92. The molecule has 12 heteroatoms. The first kappa shape index (κ1) is 19.5. The van der Waals surface area contributed by atoms with Gasteiger partial charge in [0.2, 0.25) is 0 Å². The number of anilines is 1. The van der Waals surface area contributed by atoms with Crippen LogP contribution in [0.5, 0.6) is 0 Å². The van der Waals surface area contributed by atoms with Crippen molar-refractivity contribution in [1.29, 1.82) is 0 Å². The van der Waals surface area contributed by atoms with Crippen LogP contribution in [0.25, 0.3) is 11.2 Å². The number of imidazole rings is 1. The van der Waals surface area contributed by atoms with Gasteiger partial charge in [-0.2, -0.15) is 0 Å². The van der Waals surface area contributed by atoms with Crippen molar-refractivity contribution in [2.75, 3.05) is 17.3 Å². The Morgan fingerprint density at radius 3 is 2.80 bits per heavy atom. The summed E-state index contributed by atoms with van der Waals surface area (Å²) < 4.78 is 27.5. The Morgan fingerprint density at radius 1 is 1.36 bits per heavy atom. The van der Waals surface area contributed by atoms with Crippen molar-refractivity contribution in [2.24, 2.45) is 0 Å². The molecule has 134 valence electrons. The molecule has 0 saturated carbocycles. The molecule has 1 aliphatic rings. The molecule has 9 nitrogen and oxygen atoms in total. The van der Waals surface area contributed by atoms with Crippen molar-refractivity contribution in [1.82, 2.24) is 19.5 Å². The normalized spacial score (nSPS) is 22.3. The Kier molecular flexibility index (Phi) is 6.40. The molecule has 1 N–H and O–H groups in total. The zero-order valence-corrected chi connectivity index (χ0v) is 20.4. The molecule has 0 aromatic carbocycles. The second-order valence-electron chi connectivity index (χ2n) is 5.52. The fourth-order valence-corrected chi connectivity index (χ4v) is 4.89. The maximum atomic E-state index is 6.17. The number of hydrogen-bond donors (Lipinski definition) is 1. The first-order valence-corrected chi connectivity index (χ1v) is 12.5. The van der Waals surface area contributed by atoms with Gasteiger partial charge in [-0.15, -0.1) is 0 Å². The van der Waals surface area contributed by atoms with Crippen molar-refractivity contribution in [2.45, 2.75) is 38.2 Å². The van der Waals surface area contributed by atoms with Crippen LogP contribution in [0.4, 0.5) is 5.82 Å². The third-order valence-electron chi connectivity index (χ3n) is 4.10. The fourth-order valence-electron chi connectivity index (χ4n) is 2.80. The van der Waals surface area contributed by atoms with E-state index in [4.69, 9.17) is 30.1 Å². The van der Waals surface area contributed by atoms with Gasteiger partial charge in [0.05, 0.1) is 0 Å². The van der Waals surface area contributed by atoms with E-state index in [0.29, 0.717) is 26.1 Å². The van der Waals surface area contributed by atoms with Crippen LogP contribution in [-0.2, 0) is 30.1 Å². The molecule has 1 fully saturated rings.